The molecule has 0 radical (unpaired) electrons. The molecule has 0 nitrogen and oxygen atoms in total. The van der Waals surface area contributed by atoms with E-state index in [9.17, 15) is 0 Å². The number of aryl methyl sites for hydroxylation is 2. The van der Waals surface area contributed by atoms with Gasteiger partial charge in [0.2, 0.25) is 0 Å². The monoisotopic (exact) mass is 210 g/mol. The summed E-state index contributed by atoms with van der Waals surface area (Å²) in [4.78, 5) is 0. The second-order valence-electron chi connectivity index (χ2n) is 2.85. The molecule has 0 aliphatic carbocycles. The van der Waals surface area contributed by atoms with E-state index in [4.69, 9.17) is 0 Å². The third-order valence-electron chi connectivity index (χ3n) is 1.87. The van der Waals surface area contributed by atoms with Crippen LogP contribution in [0.2, 0.25) is 0 Å². The molecule has 0 spiro atoms. The summed E-state index contributed by atoms with van der Waals surface area (Å²) in [6.45, 7) is 4.24. The van der Waals surface area contributed by atoms with E-state index in [1.54, 1.807) is 0 Å². The SMILES string of the molecule is Cc1ccc[c-]1C.[Cr].[cH-]1[cH-][cH-][cH-][cH-]1. The quantitative estimate of drug-likeness (QED) is 0.584. The van der Waals surface area contributed by atoms with Crippen molar-refractivity contribution in [3.05, 3.63) is 59.7 Å². The Morgan fingerprint density at radius 2 is 1.54 bits per heavy atom. The Hall–Kier alpha value is -0.768. The number of rotatable bonds is 0. The van der Waals surface area contributed by atoms with Gasteiger partial charge in [0.1, 0.15) is 0 Å². The van der Waals surface area contributed by atoms with Gasteiger partial charge in [-0.2, -0.15) is 17.2 Å². The Morgan fingerprint density at radius 1 is 1.08 bits per heavy atom. The van der Waals surface area contributed by atoms with Gasteiger partial charge in [-0.1, -0.05) is 13.8 Å². The van der Waals surface area contributed by atoms with Gasteiger partial charge in [-0.15, -0.1) is 0 Å². The third kappa shape index (κ3) is 4.73. The predicted octanol–water partition coefficient (Wildman–Crippen LogP) is 3.43. The number of hydrogen-bond acceptors (Lipinski definition) is 0. The topological polar surface area (TPSA) is 0 Å². The molecule has 2 aromatic carbocycles. The van der Waals surface area contributed by atoms with Crippen molar-refractivity contribution in [3.8, 4) is 0 Å². The van der Waals surface area contributed by atoms with Crippen LogP contribution in [-0.4, -0.2) is 0 Å². The Kier molecular flexibility index (Phi) is 6.32. The fraction of sp³-hybridized carbons (Fsp3) is 0.167. The second-order valence-corrected chi connectivity index (χ2v) is 2.85. The average molecular weight is 210 g/mol. The first-order chi connectivity index (χ1) is 5.80. The molecule has 0 aliphatic heterocycles. The van der Waals surface area contributed by atoms with Crippen LogP contribution in [0.1, 0.15) is 11.1 Å². The summed E-state index contributed by atoms with van der Waals surface area (Å²) < 4.78 is 0. The minimum Gasteiger partial charge on any atom is -0.748 e. The fourth-order valence-corrected chi connectivity index (χ4v) is 0.920. The van der Waals surface area contributed by atoms with E-state index in [-0.39, 0.29) is 17.4 Å². The van der Waals surface area contributed by atoms with Crippen molar-refractivity contribution in [1.82, 2.24) is 0 Å². The third-order valence-corrected chi connectivity index (χ3v) is 1.87. The zero-order valence-corrected chi connectivity index (χ0v) is 9.30. The molecule has 0 aliphatic rings. The van der Waals surface area contributed by atoms with Crippen LogP contribution in [0.25, 0.3) is 0 Å². The molecule has 0 fully saturated rings. The van der Waals surface area contributed by atoms with Gasteiger partial charge >= 0.3 is 0 Å². The molecule has 0 bridgehead atoms. The van der Waals surface area contributed by atoms with Crippen molar-refractivity contribution in [2.75, 3.05) is 0 Å². The summed E-state index contributed by atoms with van der Waals surface area (Å²) in [5, 5.41) is 0. The first kappa shape index (κ1) is 12.2. The molecule has 2 rings (SSSR count). The van der Waals surface area contributed by atoms with Crippen LogP contribution in [0.5, 0.6) is 0 Å². The molecule has 0 saturated carbocycles. The molecule has 0 atom stereocenters. The van der Waals surface area contributed by atoms with E-state index < -0.39 is 0 Å². The van der Waals surface area contributed by atoms with Crippen LogP contribution in [0.3, 0.4) is 0 Å². The van der Waals surface area contributed by atoms with E-state index in [1.165, 1.54) is 11.1 Å². The molecule has 0 heterocycles. The van der Waals surface area contributed by atoms with E-state index in [0.29, 0.717) is 0 Å². The maximum absolute atomic E-state index is 2.12. The first-order valence-corrected chi connectivity index (χ1v) is 4.16. The molecule has 0 unspecified atom stereocenters. The minimum absolute atomic E-state index is 0. The summed E-state index contributed by atoms with van der Waals surface area (Å²) in [7, 11) is 0. The summed E-state index contributed by atoms with van der Waals surface area (Å²) in [5.41, 5.74) is 2.78. The van der Waals surface area contributed by atoms with Gasteiger partial charge in [0.25, 0.3) is 0 Å². The smallest absolute Gasteiger partial charge is 0 e. The van der Waals surface area contributed by atoms with Crippen molar-refractivity contribution < 1.29 is 17.4 Å². The summed E-state index contributed by atoms with van der Waals surface area (Å²) in [6.07, 6.45) is 0. The average Bonchev–Trinajstić information content (AvgIpc) is 2.67. The van der Waals surface area contributed by atoms with Crippen molar-refractivity contribution in [3.63, 3.8) is 0 Å². The summed E-state index contributed by atoms with van der Waals surface area (Å²) >= 11 is 0. The Bertz CT molecular complexity index is 257. The van der Waals surface area contributed by atoms with E-state index in [0.717, 1.165) is 0 Å². The predicted molar refractivity (Wildman–Crippen MR) is 53.5 cm³/mol. The zero-order valence-electron chi connectivity index (χ0n) is 8.03. The Balaban J connectivity index is 0.000000215. The van der Waals surface area contributed by atoms with Gasteiger partial charge in [0, 0.05) is 17.4 Å². The standard InChI is InChI=1S/C7H9.C5H5.Cr/c1-6-4-3-5-7(6)2;1-2-4-5-3-1;/h3-5H,1-2H3;1-5H;/q-1;-5;. The normalized spacial score (nSPS) is 8.15. The molecule has 13 heavy (non-hydrogen) atoms. The molecule has 2 aromatic rings. The van der Waals surface area contributed by atoms with Gasteiger partial charge in [-0.25, -0.2) is 12.1 Å². The van der Waals surface area contributed by atoms with Gasteiger partial charge in [-0.05, 0) is 0 Å². The first-order valence-electron chi connectivity index (χ1n) is 4.16. The van der Waals surface area contributed by atoms with E-state index in [2.05, 4.69) is 32.0 Å². The molecular weight excluding hydrogens is 196 g/mol. The summed E-state index contributed by atoms with van der Waals surface area (Å²) in [6, 6.07) is 16.3. The van der Waals surface area contributed by atoms with Crippen molar-refractivity contribution >= 4 is 0 Å². The molecule has 0 N–H and O–H groups in total. The van der Waals surface area contributed by atoms with Crippen LogP contribution < -0.4 is 0 Å². The van der Waals surface area contributed by atoms with Crippen molar-refractivity contribution in [1.29, 1.82) is 0 Å². The van der Waals surface area contributed by atoms with E-state index in [1.807, 2.05) is 30.3 Å². The Morgan fingerprint density at radius 3 is 1.69 bits per heavy atom. The van der Waals surface area contributed by atoms with Crippen LogP contribution in [-0.2, 0) is 17.4 Å². The maximum Gasteiger partial charge on any atom is 0 e. The zero-order chi connectivity index (χ0) is 8.81. The van der Waals surface area contributed by atoms with Crippen molar-refractivity contribution in [2.45, 2.75) is 13.8 Å². The van der Waals surface area contributed by atoms with Gasteiger partial charge in [0.15, 0.2) is 0 Å². The maximum atomic E-state index is 2.12. The van der Waals surface area contributed by atoms with Gasteiger partial charge in [0.05, 0.1) is 0 Å². The fourth-order valence-electron chi connectivity index (χ4n) is 0.920. The largest absolute Gasteiger partial charge is 0.748 e. The van der Waals surface area contributed by atoms with Crippen LogP contribution >= 0.6 is 0 Å². The molecule has 0 amide bonds. The number of hydrogen-bond donors (Lipinski definition) is 0. The van der Waals surface area contributed by atoms with Crippen LogP contribution in [0.4, 0.5) is 0 Å². The summed E-state index contributed by atoms with van der Waals surface area (Å²) in [5.74, 6) is 0. The van der Waals surface area contributed by atoms with Crippen molar-refractivity contribution in [2.24, 2.45) is 0 Å². The van der Waals surface area contributed by atoms with Gasteiger partial charge < -0.3 is 30.3 Å². The molecule has 74 valence electrons. The second kappa shape index (κ2) is 6.72. The van der Waals surface area contributed by atoms with E-state index >= 15 is 0 Å². The molecule has 0 aromatic heterocycles. The van der Waals surface area contributed by atoms with Crippen LogP contribution in [0.15, 0.2) is 48.5 Å². The van der Waals surface area contributed by atoms with Crippen LogP contribution in [0, 0.1) is 13.8 Å². The molecular formula is C12H14Cr-6. The molecule has 0 saturated heterocycles. The minimum atomic E-state index is 0. The van der Waals surface area contributed by atoms with Gasteiger partial charge in [-0.3, -0.25) is 0 Å². The molecule has 1 heteroatoms. The Labute approximate surface area is 91.1 Å².